The lowest BCUT2D eigenvalue weighted by Gasteiger charge is -2.38. The topological polar surface area (TPSA) is 38.5 Å². The molecular weight excluding hydrogens is 281 g/mol. The Morgan fingerprint density at radius 1 is 1.29 bits per heavy atom. The summed E-state index contributed by atoms with van der Waals surface area (Å²) < 4.78 is 45.6. The fourth-order valence-electron chi connectivity index (χ4n) is 3.02. The monoisotopic (exact) mass is 302 g/mol. The summed E-state index contributed by atoms with van der Waals surface area (Å²) in [5.74, 6) is -2.62. The molecule has 3 nitrogen and oxygen atoms in total. The van der Waals surface area contributed by atoms with Crippen LogP contribution in [0.2, 0.25) is 0 Å². The normalized spacial score (nSPS) is 21.5. The molecule has 1 heterocycles. The van der Waals surface area contributed by atoms with E-state index in [2.05, 4.69) is 0 Å². The number of nitrogens with two attached hydrogens (primary N) is 1. The highest BCUT2D eigenvalue weighted by Crippen LogP contribution is 2.29. The number of rotatable bonds is 5. The molecule has 118 valence electrons. The molecule has 2 atom stereocenters. The van der Waals surface area contributed by atoms with Gasteiger partial charge in [-0.15, -0.1) is 0 Å². The van der Waals surface area contributed by atoms with Crippen LogP contribution in [0.15, 0.2) is 12.1 Å². The van der Waals surface area contributed by atoms with Crippen molar-refractivity contribution < 1.29 is 17.9 Å². The average Bonchev–Trinajstić information content (AvgIpc) is 2.46. The zero-order chi connectivity index (χ0) is 15.4. The maximum atomic E-state index is 14.0. The highest BCUT2D eigenvalue weighted by Gasteiger charge is 2.28. The molecule has 1 aromatic carbocycles. The van der Waals surface area contributed by atoms with Crippen LogP contribution in [0.1, 0.15) is 24.4 Å². The second kappa shape index (κ2) is 7.24. The fourth-order valence-corrected chi connectivity index (χ4v) is 3.02. The van der Waals surface area contributed by atoms with Gasteiger partial charge in [-0.1, -0.05) is 0 Å². The minimum atomic E-state index is -1.18. The number of benzene rings is 1. The van der Waals surface area contributed by atoms with Crippen LogP contribution in [-0.2, 0) is 4.74 Å². The van der Waals surface area contributed by atoms with Crippen molar-refractivity contribution in [3.8, 4) is 0 Å². The zero-order valence-corrected chi connectivity index (χ0v) is 12.1. The third-order valence-corrected chi connectivity index (χ3v) is 4.02. The summed E-state index contributed by atoms with van der Waals surface area (Å²) in [6, 6.07) is 1.06. The maximum absolute atomic E-state index is 14.0. The van der Waals surface area contributed by atoms with Crippen molar-refractivity contribution in [1.82, 2.24) is 4.90 Å². The molecule has 2 N–H and O–H groups in total. The third kappa shape index (κ3) is 3.75. The largest absolute Gasteiger partial charge is 0.384 e. The Kier molecular flexibility index (Phi) is 5.61. The van der Waals surface area contributed by atoms with Gasteiger partial charge in [0.2, 0.25) is 0 Å². The first-order valence-corrected chi connectivity index (χ1v) is 7.14. The van der Waals surface area contributed by atoms with Gasteiger partial charge in [-0.05, 0) is 31.4 Å². The number of piperidine rings is 1. The lowest BCUT2D eigenvalue weighted by molar-refractivity contribution is 0.0687. The molecule has 0 radical (unpaired) electrons. The number of methoxy groups -OCH3 is 1. The summed E-state index contributed by atoms with van der Waals surface area (Å²) in [6.45, 7) is 2.27. The number of ether oxygens (including phenoxy) is 1. The summed E-state index contributed by atoms with van der Waals surface area (Å²) >= 11 is 0. The van der Waals surface area contributed by atoms with E-state index in [9.17, 15) is 13.2 Å². The molecule has 0 spiro atoms. The van der Waals surface area contributed by atoms with E-state index in [0.29, 0.717) is 25.1 Å². The van der Waals surface area contributed by atoms with Crippen LogP contribution in [-0.4, -0.2) is 38.3 Å². The molecule has 1 aliphatic heterocycles. The SMILES string of the molecule is COCC1CCCN(C(CN)c2cc(F)c(F)cc2F)C1. The second-order valence-corrected chi connectivity index (χ2v) is 5.50. The standard InChI is InChI=1S/C15H21F3N2O/c1-21-9-10-3-2-4-20(8-10)15(7-19)11-5-13(17)14(18)6-12(11)16/h5-6,10,15H,2-4,7-9,19H2,1H3. The van der Waals surface area contributed by atoms with Gasteiger partial charge in [-0.25, -0.2) is 13.2 Å². The van der Waals surface area contributed by atoms with Crippen LogP contribution in [0.5, 0.6) is 0 Å². The Hall–Kier alpha value is -1.11. The van der Waals surface area contributed by atoms with E-state index in [-0.39, 0.29) is 12.1 Å². The zero-order valence-electron chi connectivity index (χ0n) is 12.1. The molecule has 1 saturated heterocycles. The Bertz CT molecular complexity index is 482. The van der Waals surface area contributed by atoms with Gasteiger partial charge in [0.25, 0.3) is 0 Å². The van der Waals surface area contributed by atoms with E-state index >= 15 is 0 Å². The molecule has 0 aromatic heterocycles. The van der Waals surface area contributed by atoms with Crippen molar-refractivity contribution in [2.75, 3.05) is 33.4 Å². The van der Waals surface area contributed by atoms with Crippen LogP contribution in [0.3, 0.4) is 0 Å². The maximum Gasteiger partial charge on any atom is 0.161 e. The van der Waals surface area contributed by atoms with Crippen LogP contribution >= 0.6 is 0 Å². The highest BCUT2D eigenvalue weighted by molar-refractivity contribution is 5.24. The Morgan fingerprint density at radius 2 is 2.00 bits per heavy atom. The van der Waals surface area contributed by atoms with Gasteiger partial charge >= 0.3 is 0 Å². The predicted octanol–water partition coefficient (Wildman–Crippen LogP) is 2.46. The number of likely N-dealkylation sites (tertiary alicyclic amines) is 1. The molecule has 0 bridgehead atoms. The minimum absolute atomic E-state index is 0.120. The Labute approximate surface area is 122 Å². The molecule has 1 aromatic rings. The lowest BCUT2D eigenvalue weighted by Crippen LogP contribution is -2.42. The van der Waals surface area contributed by atoms with Gasteiger partial charge in [0, 0.05) is 31.8 Å². The summed E-state index contributed by atoms with van der Waals surface area (Å²) in [5, 5.41) is 0. The van der Waals surface area contributed by atoms with E-state index in [1.807, 2.05) is 4.90 Å². The van der Waals surface area contributed by atoms with Crippen molar-refractivity contribution in [2.24, 2.45) is 11.7 Å². The summed E-state index contributed by atoms with van der Waals surface area (Å²) in [4.78, 5) is 2.03. The van der Waals surface area contributed by atoms with Crippen LogP contribution in [0.25, 0.3) is 0 Å². The summed E-state index contributed by atoms with van der Waals surface area (Å²) in [6.07, 6.45) is 2.00. The van der Waals surface area contributed by atoms with E-state index in [4.69, 9.17) is 10.5 Å². The average molecular weight is 302 g/mol. The Balaban J connectivity index is 2.21. The lowest BCUT2D eigenvalue weighted by atomic mass is 9.95. The van der Waals surface area contributed by atoms with Crippen LogP contribution in [0, 0.1) is 23.4 Å². The molecule has 2 rings (SSSR count). The summed E-state index contributed by atoms with van der Waals surface area (Å²) in [5.41, 5.74) is 5.88. The van der Waals surface area contributed by atoms with Crippen molar-refractivity contribution in [3.63, 3.8) is 0 Å². The first-order valence-electron chi connectivity index (χ1n) is 7.14. The highest BCUT2D eigenvalue weighted by atomic mass is 19.2. The number of halogens is 3. The number of hydrogen-bond donors (Lipinski definition) is 1. The van der Waals surface area contributed by atoms with Crippen molar-refractivity contribution in [1.29, 1.82) is 0 Å². The molecule has 0 aliphatic carbocycles. The van der Waals surface area contributed by atoms with Gasteiger partial charge in [-0.3, -0.25) is 4.90 Å². The van der Waals surface area contributed by atoms with E-state index in [1.165, 1.54) is 0 Å². The van der Waals surface area contributed by atoms with E-state index in [1.54, 1.807) is 7.11 Å². The number of hydrogen-bond acceptors (Lipinski definition) is 3. The van der Waals surface area contributed by atoms with Crippen molar-refractivity contribution in [3.05, 3.63) is 35.1 Å². The fraction of sp³-hybridized carbons (Fsp3) is 0.600. The molecule has 21 heavy (non-hydrogen) atoms. The van der Waals surface area contributed by atoms with E-state index < -0.39 is 23.5 Å². The van der Waals surface area contributed by atoms with Crippen molar-refractivity contribution in [2.45, 2.75) is 18.9 Å². The molecule has 6 heteroatoms. The molecule has 0 amide bonds. The molecule has 2 unspecified atom stereocenters. The molecule has 1 aliphatic rings. The summed E-state index contributed by atoms with van der Waals surface area (Å²) in [7, 11) is 1.65. The van der Waals surface area contributed by atoms with Gasteiger partial charge in [0.15, 0.2) is 11.6 Å². The second-order valence-electron chi connectivity index (χ2n) is 5.50. The van der Waals surface area contributed by atoms with Gasteiger partial charge in [0.05, 0.1) is 12.6 Å². The van der Waals surface area contributed by atoms with Gasteiger partial charge in [0.1, 0.15) is 5.82 Å². The smallest absolute Gasteiger partial charge is 0.161 e. The Morgan fingerprint density at radius 3 is 2.67 bits per heavy atom. The predicted molar refractivity (Wildman–Crippen MR) is 74.3 cm³/mol. The van der Waals surface area contributed by atoms with Crippen molar-refractivity contribution >= 4 is 0 Å². The van der Waals surface area contributed by atoms with Gasteiger partial charge < -0.3 is 10.5 Å². The first kappa shape index (κ1) is 16.3. The minimum Gasteiger partial charge on any atom is -0.384 e. The van der Waals surface area contributed by atoms with Crippen LogP contribution < -0.4 is 5.73 Å². The number of nitrogens with zero attached hydrogens (tertiary/aromatic N) is 1. The molecule has 0 saturated carbocycles. The first-order chi connectivity index (χ1) is 10.1. The van der Waals surface area contributed by atoms with E-state index in [0.717, 1.165) is 25.5 Å². The quantitative estimate of drug-likeness (QED) is 0.849. The molecule has 1 fully saturated rings. The molecular formula is C15H21F3N2O. The third-order valence-electron chi connectivity index (χ3n) is 4.02. The van der Waals surface area contributed by atoms with Gasteiger partial charge in [-0.2, -0.15) is 0 Å². The van der Waals surface area contributed by atoms with Crippen LogP contribution in [0.4, 0.5) is 13.2 Å².